The van der Waals surface area contributed by atoms with E-state index in [1.165, 1.54) is 10.7 Å². The van der Waals surface area contributed by atoms with Crippen molar-refractivity contribution in [1.29, 1.82) is 0 Å². The molecule has 6 rings (SSSR count). The van der Waals surface area contributed by atoms with Gasteiger partial charge in [-0.3, -0.25) is 4.68 Å². The molecule has 264 valence electrons. The third-order valence-electron chi connectivity index (χ3n) is 9.63. The van der Waals surface area contributed by atoms with E-state index in [2.05, 4.69) is 20.1 Å². The second-order valence-electron chi connectivity index (χ2n) is 15.1. The lowest BCUT2D eigenvalue weighted by Crippen LogP contribution is -2.41. The fourth-order valence-corrected chi connectivity index (χ4v) is 7.12. The Bertz CT molecular complexity index is 1830. The second-order valence-corrected chi connectivity index (χ2v) is 16.7. The number of hydrogen-bond acceptors (Lipinski definition) is 10. The van der Waals surface area contributed by atoms with Crippen LogP contribution in [0.4, 0.5) is 10.5 Å². The molecule has 2 N–H and O–H groups in total. The van der Waals surface area contributed by atoms with Crippen molar-refractivity contribution in [2.24, 2.45) is 0 Å². The van der Waals surface area contributed by atoms with Crippen molar-refractivity contribution in [1.82, 2.24) is 19.5 Å². The Morgan fingerprint density at radius 3 is 2.51 bits per heavy atom. The molecule has 2 aliphatic heterocycles. The summed E-state index contributed by atoms with van der Waals surface area (Å²) in [4.78, 5) is 17.7. The quantitative estimate of drug-likeness (QED) is 0.266. The smallest absolute Gasteiger partial charge is 0.465 e. The standard InChI is InChI=1S/C34H46BN5O8S/c1-31(2,35-47-32(3,4)33(5,6)48-35)21-40-17-15-28(38-40)49(42,43)39-30(41)37-29-25-11-9-10-22(25)12-13-26(29)23-14-16-36-27(18-23)44-19-24-20-45-34(7,8)46-24/h12-18,24H,9-11,19-21H2,1-8H3,(H2,37,39,41). The van der Waals surface area contributed by atoms with E-state index in [0.29, 0.717) is 24.7 Å². The lowest BCUT2D eigenvalue weighted by Gasteiger charge is -2.32. The molecule has 2 aromatic heterocycles. The molecule has 0 radical (unpaired) electrons. The van der Waals surface area contributed by atoms with E-state index >= 15 is 0 Å². The Hall–Kier alpha value is -3.50. The Balaban J connectivity index is 1.15. The number of amides is 2. The van der Waals surface area contributed by atoms with Crippen LogP contribution in [0.25, 0.3) is 11.1 Å². The van der Waals surface area contributed by atoms with Crippen LogP contribution >= 0.6 is 0 Å². The molecular weight excluding hydrogens is 649 g/mol. The maximum atomic E-state index is 13.4. The monoisotopic (exact) mass is 695 g/mol. The van der Waals surface area contributed by atoms with Gasteiger partial charge in [-0.05, 0) is 89.6 Å². The summed E-state index contributed by atoms with van der Waals surface area (Å²) in [6.07, 6.45) is 5.52. The molecule has 2 saturated heterocycles. The van der Waals surface area contributed by atoms with Gasteiger partial charge in [-0.15, -0.1) is 0 Å². The van der Waals surface area contributed by atoms with E-state index in [0.717, 1.165) is 41.5 Å². The van der Waals surface area contributed by atoms with Crippen LogP contribution < -0.4 is 14.8 Å². The molecule has 1 atom stereocenters. The highest BCUT2D eigenvalue weighted by atomic mass is 32.2. The molecular formula is C34H46BN5O8S. The highest BCUT2D eigenvalue weighted by molar-refractivity contribution is 7.90. The van der Waals surface area contributed by atoms with Crippen LogP contribution in [0.2, 0.25) is 5.31 Å². The van der Waals surface area contributed by atoms with Crippen LogP contribution in [0, 0.1) is 0 Å². The van der Waals surface area contributed by atoms with E-state index in [4.69, 9.17) is 23.5 Å². The summed E-state index contributed by atoms with van der Waals surface area (Å²) in [5.41, 5.74) is 3.09. The predicted molar refractivity (Wildman–Crippen MR) is 184 cm³/mol. The number of fused-ring (bicyclic) bond motifs is 1. The number of benzene rings is 1. The van der Waals surface area contributed by atoms with E-state index in [9.17, 15) is 13.2 Å². The zero-order valence-corrected chi connectivity index (χ0v) is 30.3. The van der Waals surface area contributed by atoms with Crippen LogP contribution in [0.5, 0.6) is 5.88 Å². The number of nitrogens with one attached hydrogen (secondary N) is 2. The molecule has 0 spiro atoms. The number of carbonyl (C=O) groups is 1. The molecule has 1 unspecified atom stereocenters. The van der Waals surface area contributed by atoms with Gasteiger partial charge in [-0.2, -0.15) is 13.5 Å². The first kappa shape index (κ1) is 35.3. The summed E-state index contributed by atoms with van der Waals surface area (Å²) in [7, 11) is -4.83. The van der Waals surface area contributed by atoms with Crippen molar-refractivity contribution in [2.45, 2.75) is 115 Å². The fraction of sp³-hybridized carbons (Fsp3) is 0.559. The van der Waals surface area contributed by atoms with Gasteiger partial charge in [0, 0.05) is 35.9 Å². The van der Waals surface area contributed by atoms with Crippen molar-refractivity contribution >= 4 is 28.9 Å². The third kappa shape index (κ3) is 7.51. The van der Waals surface area contributed by atoms with Gasteiger partial charge in [0.1, 0.15) is 12.7 Å². The number of pyridine rings is 1. The Morgan fingerprint density at radius 1 is 1.08 bits per heavy atom. The first-order valence-corrected chi connectivity index (χ1v) is 18.1. The van der Waals surface area contributed by atoms with Crippen LogP contribution in [0.15, 0.2) is 47.8 Å². The number of ether oxygens (including phenoxy) is 3. The zero-order valence-electron chi connectivity index (χ0n) is 29.5. The van der Waals surface area contributed by atoms with Crippen LogP contribution in [0.3, 0.4) is 0 Å². The van der Waals surface area contributed by atoms with E-state index in [-0.39, 0.29) is 17.7 Å². The molecule has 3 aliphatic rings. The second kappa shape index (κ2) is 12.7. The lowest BCUT2D eigenvalue weighted by molar-refractivity contribution is -0.141. The van der Waals surface area contributed by atoms with Crippen molar-refractivity contribution in [3.05, 3.63) is 53.9 Å². The molecule has 15 heteroatoms. The van der Waals surface area contributed by atoms with Crippen molar-refractivity contribution in [3.63, 3.8) is 0 Å². The van der Waals surface area contributed by atoms with Crippen LogP contribution in [-0.2, 0) is 48.2 Å². The average molecular weight is 696 g/mol. The molecule has 1 aliphatic carbocycles. The summed E-state index contributed by atoms with van der Waals surface area (Å²) in [5.74, 6) is -0.268. The fourth-order valence-electron chi connectivity index (χ4n) is 6.27. The van der Waals surface area contributed by atoms with Gasteiger partial charge in [0.05, 0.1) is 23.5 Å². The van der Waals surface area contributed by atoms with Crippen molar-refractivity contribution in [2.75, 3.05) is 18.5 Å². The molecule has 2 amide bonds. The molecule has 0 bridgehead atoms. The predicted octanol–water partition coefficient (Wildman–Crippen LogP) is 5.35. The van der Waals surface area contributed by atoms with E-state index in [1.807, 2.05) is 73.6 Å². The molecule has 0 saturated carbocycles. The minimum atomic E-state index is -4.30. The maximum absolute atomic E-state index is 13.4. The molecule has 1 aromatic carbocycles. The Kier molecular flexibility index (Phi) is 9.14. The SMILES string of the molecule is CC1(C)OCC(COc2cc(-c3ccc4c(c3NC(=O)NS(=O)(=O)c3ccn(CC(C)(C)B5OC(C)(C)C(C)(C)O5)n3)CCC4)ccn2)O1. The van der Waals surface area contributed by atoms with Gasteiger partial charge >= 0.3 is 13.1 Å². The normalized spacial score (nSPS) is 21.1. The number of rotatable bonds is 10. The highest BCUT2D eigenvalue weighted by Gasteiger charge is 2.56. The Labute approximate surface area is 288 Å². The van der Waals surface area contributed by atoms with Gasteiger partial charge in [0.25, 0.3) is 10.0 Å². The molecule has 49 heavy (non-hydrogen) atoms. The number of carbonyl (C=O) groups excluding carboxylic acids is 1. The van der Waals surface area contributed by atoms with Gasteiger partial charge < -0.3 is 28.8 Å². The summed E-state index contributed by atoms with van der Waals surface area (Å²) in [6, 6.07) is 8.05. The minimum Gasteiger partial charge on any atom is -0.475 e. The first-order chi connectivity index (χ1) is 22.8. The summed E-state index contributed by atoms with van der Waals surface area (Å²) < 4.78 is 60.2. The number of sulfonamides is 1. The molecule has 3 aromatic rings. The van der Waals surface area contributed by atoms with Crippen LogP contribution in [-0.4, -0.2) is 72.6 Å². The summed E-state index contributed by atoms with van der Waals surface area (Å²) in [5, 5.41) is 6.32. The first-order valence-electron chi connectivity index (χ1n) is 16.6. The maximum Gasteiger partial charge on any atom is 0.465 e. The van der Waals surface area contributed by atoms with Gasteiger partial charge in [-0.25, -0.2) is 14.5 Å². The number of hydrogen-bond donors (Lipinski definition) is 2. The number of aromatic nitrogens is 3. The Morgan fingerprint density at radius 2 is 1.82 bits per heavy atom. The number of aryl methyl sites for hydroxylation is 1. The molecule has 4 heterocycles. The largest absolute Gasteiger partial charge is 0.475 e. The average Bonchev–Trinajstić information content (AvgIpc) is 3.78. The molecule has 2 fully saturated rings. The minimum absolute atomic E-state index is 0.226. The van der Waals surface area contributed by atoms with E-state index in [1.54, 1.807) is 18.5 Å². The van der Waals surface area contributed by atoms with Gasteiger partial charge in [0.2, 0.25) is 5.88 Å². The number of nitrogens with zero attached hydrogens (tertiary/aromatic N) is 3. The van der Waals surface area contributed by atoms with Crippen LogP contribution in [0.1, 0.15) is 72.9 Å². The lowest BCUT2D eigenvalue weighted by atomic mass is 9.59. The topological polar surface area (TPSA) is 152 Å². The van der Waals surface area contributed by atoms with E-state index < -0.39 is 45.5 Å². The summed E-state index contributed by atoms with van der Waals surface area (Å²) in [6.45, 7) is 16.6. The molecule has 13 nitrogen and oxygen atoms in total. The zero-order chi connectivity index (χ0) is 35.4. The van der Waals surface area contributed by atoms with Gasteiger partial charge in [-0.1, -0.05) is 26.0 Å². The highest BCUT2D eigenvalue weighted by Crippen LogP contribution is 2.45. The van der Waals surface area contributed by atoms with Crippen molar-refractivity contribution < 1.29 is 36.7 Å². The van der Waals surface area contributed by atoms with Crippen molar-refractivity contribution in [3.8, 4) is 17.0 Å². The van der Waals surface area contributed by atoms with Gasteiger partial charge in [0.15, 0.2) is 10.8 Å². The number of anilines is 1. The number of urea groups is 1. The summed E-state index contributed by atoms with van der Waals surface area (Å²) >= 11 is 0. The third-order valence-corrected chi connectivity index (χ3v) is 10.9.